The second-order valence-electron chi connectivity index (χ2n) is 5.56. The van der Waals surface area contributed by atoms with Crippen molar-refractivity contribution in [1.82, 2.24) is 9.55 Å². The van der Waals surface area contributed by atoms with Gasteiger partial charge in [0, 0.05) is 30.7 Å². The summed E-state index contributed by atoms with van der Waals surface area (Å²) in [5.74, 6) is 0.691. The number of nitrogens with zero attached hydrogens (tertiary/aromatic N) is 2. The van der Waals surface area contributed by atoms with Crippen LogP contribution in [-0.2, 0) is 11.8 Å². The van der Waals surface area contributed by atoms with Gasteiger partial charge in [-0.25, -0.2) is 4.98 Å². The van der Waals surface area contributed by atoms with Gasteiger partial charge in [-0.3, -0.25) is 4.79 Å². The molecule has 0 spiro atoms. The van der Waals surface area contributed by atoms with Crippen LogP contribution in [0.25, 0.3) is 11.4 Å². The average Bonchev–Trinajstić information content (AvgIpc) is 2.85. The fraction of sp³-hybridized carbons (Fsp3) is 0.375. The number of benzene rings is 1. The number of amides is 1. The summed E-state index contributed by atoms with van der Waals surface area (Å²) in [5.41, 5.74) is 6.88. The van der Waals surface area contributed by atoms with Crippen LogP contribution in [0.15, 0.2) is 36.7 Å². The summed E-state index contributed by atoms with van der Waals surface area (Å²) in [4.78, 5) is 16.5. The molecule has 0 aliphatic carbocycles. The van der Waals surface area contributed by atoms with Crippen LogP contribution in [0, 0.1) is 0 Å². The molecule has 0 fully saturated rings. The molecule has 1 aromatic carbocycles. The van der Waals surface area contributed by atoms with E-state index < -0.39 is 5.54 Å². The van der Waals surface area contributed by atoms with Crippen LogP contribution in [0.3, 0.4) is 0 Å². The highest BCUT2D eigenvalue weighted by atomic mass is 16.2. The molecule has 0 aliphatic heterocycles. The summed E-state index contributed by atoms with van der Waals surface area (Å²) < 4.78 is 1.94. The lowest BCUT2D eigenvalue weighted by molar-refractivity contribution is -0.120. The van der Waals surface area contributed by atoms with E-state index in [1.807, 2.05) is 49.0 Å². The van der Waals surface area contributed by atoms with Gasteiger partial charge in [-0.2, -0.15) is 0 Å². The maximum atomic E-state index is 12.2. The van der Waals surface area contributed by atoms with Crippen LogP contribution in [0.2, 0.25) is 0 Å². The third-order valence-corrected chi connectivity index (χ3v) is 3.49. The van der Waals surface area contributed by atoms with Gasteiger partial charge in [0.05, 0.1) is 5.54 Å². The predicted molar refractivity (Wildman–Crippen MR) is 84.8 cm³/mol. The Labute approximate surface area is 125 Å². The largest absolute Gasteiger partial charge is 0.334 e. The molecule has 0 bridgehead atoms. The van der Waals surface area contributed by atoms with Gasteiger partial charge in [0.25, 0.3) is 0 Å². The number of carbonyl (C=O) groups is 1. The molecule has 5 heteroatoms. The van der Waals surface area contributed by atoms with Crippen molar-refractivity contribution in [2.75, 3.05) is 5.32 Å². The van der Waals surface area contributed by atoms with E-state index in [4.69, 9.17) is 5.73 Å². The standard InChI is InChI=1S/C16H22N4O/c1-4-8-16(2,17)15(21)19-13-7-5-6-12(11-13)14-18-9-10-20(14)3/h5-7,9-11H,4,8,17H2,1-3H3,(H,19,21). The summed E-state index contributed by atoms with van der Waals surface area (Å²) in [6.07, 6.45) is 5.16. The monoisotopic (exact) mass is 286 g/mol. The van der Waals surface area contributed by atoms with Crippen molar-refractivity contribution in [2.45, 2.75) is 32.2 Å². The highest BCUT2D eigenvalue weighted by Crippen LogP contribution is 2.21. The zero-order valence-electron chi connectivity index (χ0n) is 12.8. The van der Waals surface area contributed by atoms with Gasteiger partial charge < -0.3 is 15.6 Å². The van der Waals surface area contributed by atoms with Gasteiger partial charge in [-0.1, -0.05) is 25.5 Å². The second kappa shape index (κ2) is 6.10. The zero-order valence-corrected chi connectivity index (χ0v) is 12.8. The molecule has 112 valence electrons. The predicted octanol–water partition coefficient (Wildman–Crippen LogP) is 2.54. The zero-order chi connectivity index (χ0) is 15.5. The minimum absolute atomic E-state index is 0.165. The lowest BCUT2D eigenvalue weighted by atomic mass is 9.96. The molecule has 2 rings (SSSR count). The number of hydrogen-bond donors (Lipinski definition) is 2. The Hall–Kier alpha value is -2.14. The smallest absolute Gasteiger partial charge is 0.244 e. The molecule has 1 amide bonds. The molecule has 21 heavy (non-hydrogen) atoms. The quantitative estimate of drug-likeness (QED) is 0.887. The lowest BCUT2D eigenvalue weighted by Crippen LogP contribution is -2.48. The third kappa shape index (κ3) is 3.49. The van der Waals surface area contributed by atoms with Crippen molar-refractivity contribution in [3.63, 3.8) is 0 Å². The Balaban J connectivity index is 2.19. The highest BCUT2D eigenvalue weighted by Gasteiger charge is 2.27. The van der Waals surface area contributed by atoms with Crippen LogP contribution in [0.5, 0.6) is 0 Å². The number of aryl methyl sites for hydroxylation is 1. The fourth-order valence-corrected chi connectivity index (χ4v) is 2.29. The number of nitrogens with one attached hydrogen (secondary N) is 1. The topological polar surface area (TPSA) is 72.9 Å². The van der Waals surface area contributed by atoms with Crippen LogP contribution >= 0.6 is 0 Å². The van der Waals surface area contributed by atoms with Crippen LogP contribution in [-0.4, -0.2) is 21.0 Å². The molecule has 2 aromatic rings. The van der Waals surface area contributed by atoms with Gasteiger partial charge >= 0.3 is 0 Å². The van der Waals surface area contributed by atoms with E-state index in [2.05, 4.69) is 10.3 Å². The number of anilines is 1. The van der Waals surface area contributed by atoms with Gasteiger partial charge in [0.15, 0.2) is 0 Å². The van der Waals surface area contributed by atoms with E-state index in [9.17, 15) is 4.79 Å². The van der Waals surface area contributed by atoms with Crippen molar-refractivity contribution in [3.05, 3.63) is 36.7 Å². The summed E-state index contributed by atoms with van der Waals surface area (Å²) in [5, 5.41) is 2.89. The van der Waals surface area contributed by atoms with Gasteiger partial charge in [0.2, 0.25) is 5.91 Å². The van der Waals surface area contributed by atoms with Gasteiger partial charge in [0.1, 0.15) is 5.82 Å². The molecule has 5 nitrogen and oxygen atoms in total. The van der Waals surface area contributed by atoms with Gasteiger partial charge in [-0.15, -0.1) is 0 Å². The second-order valence-corrected chi connectivity index (χ2v) is 5.56. The number of imidazole rings is 1. The number of carbonyl (C=O) groups excluding carboxylic acids is 1. The van der Waals surface area contributed by atoms with Crippen molar-refractivity contribution < 1.29 is 4.79 Å². The molecular weight excluding hydrogens is 264 g/mol. The average molecular weight is 286 g/mol. The van der Waals surface area contributed by atoms with Crippen molar-refractivity contribution in [1.29, 1.82) is 0 Å². The van der Waals surface area contributed by atoms with Crippen LogP contribution in [0.4, 0.5) is 5.69 Å². The maximum Gasteiger partial charge on any atom is 0.244 e. The third-order valence-electron chi connectivity index (χ3n) is 3.49. The Morgan fingerprint density at radius 2 is 2.24 bits per heavy atom. The Kier molecular flexibility index (Phi) is 4.43. The maximum absolute atomic E-state index is 12.2. The van der Waals surface area contributed by atoms with E-state index in [0.29, 0.717) is 6.42 Å². The molecule has 0 saturated carbocycles. The molecule has 1 atom stereocenters. The van der Waals surface area contributed by atoms with E-state index in [0.717, 1.165) is 23.5 Å². The summed E-state index contributed by atoms with van der Waals surface area (Å²) in [7, 11) is 1.94. The number of aromatic nitrogens is 2. The van der Waals surface area contributed by atoms with E-state index in [1.54, 1.807) is 13.1 Å². The molecule has 3 N–H and O–H groups in total. The normalized spacial score (nSPS) is 13.7. The van der Waals surface area contributed by atoms with E-state index in [1.165, 1.54) is 0 Å². The first-order valence-electron chi connectivity index (χ1n) is 7.12. The molecule has 0 radical (unpaired) electrons. The minimum Gasteiger partial charge on any atom is -0.334 e. The highest BCUT2D eigenvalue weighted by molar-refractivity contribution is 5.98. The molecule has 1 heterocycles. The Morgan fingerprint density at radius 1 is 1.48 bits per heavy atom. The summed E-state index contributed by atoms with van der Waals surface area (Å²) in [6, 6.07) is 7.62. The number of hydrogen-bond acceptors (Lipinski definition) is 3. The summed E-state index contributed by atoms with van der Waals surface area (Å²) in [6.45, 7) is 3.77. The van der Waals surface area contributed by atoms with Crippen LogP contribution < -0.4 is 11.1 Å². The van der Waals surface area contributed by atoms with Gasteiger partial charge in [-0.05, 0) is 25.5 Å². The first-order chi connectivity index (χ1) is 9.94. The number of rotatable bonds is 5. The van der Waals surface area contributed by atoms with Crippen LogP contribution in [0.1, 0.15) is 26.7 Å². The Bertz CT molecular complexity index is 631. The minimum atomic E-state index is -0.853. The lowest BCUT2D eigenvalue weighted by Gasteiger charge is -2.23. The molecule has 1 unspecified atom stereocenters. The summed E-state index contributed by atoms with van der Waals surface area (Å²) >= 11 is 0. The molecule has 1 aromatic heterocycles. The fourth-order valence-electron chi connectivity index (χ4n) is 2.29. The van der Waals surface area contributed by atoms with Crippen molar-refractivity contribution >= 4 is 11.6 Å². The van der Waals surface area contributed by atoms with E-state index in [-0.39, 0.29) is 5.91 Å². The van der Waals surface area contributed by atoms with E-state index >= 15 is 0 Å². The Morgan fingerprint density at radius 3 is 2.86 bits per heavy atom. The molecule has 0 saturated heterocycles. The molecule has 0 aliphatic rings. The first-order valence-corrected chi connectivity index (χ1v) is 7.12. The number of nitrogens with two attached hydrogens (primary N) is 1. The van der Waals surface area contributed by atoms with Crippen molar-refractivity contribution in [2.24, 2.45) is 12.8 Å². The van der Waals surface area contributed by atoms with Crippen molar-refractivity contribution in [3.8, 4) is 11.4 Å². The SMILES string of the molecule is CCCC(C)(N)C(=O)Nc1cccc(-c2nccn2C)c1. The first kappa shape index (κ1) is 15.3. The molecular formula is C16H22N4O.